The predicted octanol–water partition coefficient (Wildman–Crippen LogP) is 1.39. The SMILES string of the molecule is CCCCC([SeH])C#N. The van der Waals surface area contributed by atoms with E-state index in [4.69, 9.17) is 5.26 Å². The molecule has 1 unspecified atom stereocenters. The number of hydrogen-bond acceptors (Lipinski definition) is 1. The van der Waals surface area contributed by atoms with Gasteiger partial charge in [-0.25, -0.2) is 0 Å². The Labute approximate surface area is 58.9 Å². The molecular formula is C6H11NSe. The number of nitriles is 1. The quantitative estimate of drug-likeness (QED) is 0.596. The summed E-state index contributed by atoms with van der Waals surface area (Å²) in [6, 6.07) is 2.17. The Morgan fingerprint density at radius 3 is 2.75 bits per heavy atom. The van der Waals surface area contributed by atoms with Gasteiger partial charge in [-0.05, 0) is 0 Å². The molecule has 0 saturated heterocycles. The van der Waals surface area contributed by atoms with Gasteiger partial charge in [0.2, 0.25) is 0 Å². The molecule has 0 heterocycles. The standard InChI is InChI=1S/C6H11NSe/c1-2-3-4-6(8)5-7/h6,8H,2-4H2,1H3. The van der Waals surface area contributed by atoms with E-state index in [1.165, 1.54) is 12.8 Å². The minimum atomic E-state index is 0.197. The van der Waals surface area contributed by atoms with Crippen LogP contribution in [0.4, 0.5) is 0 Å². The molecule has 0 saturated carbocycles. The van der Waals surface area contributed by atoms with E-state index in [9.17, 15) is 0 Å². The fraction of sp³-hybridized carbons (Fsp3) is 0.833. The molecule has 0 fully saturated rings. The third-order valence-corrected chi connectivity index (χ3v) is 1.76. The van der Waals surface area contributed by atoms with Gasteiger partial charge in [-0.2, -0.15) is 0 Å². The van der Waals surface area contributed by atoms with Gasteiger partial charge in [0.25, 0.3) is 0 Å². The van der Waals surface area contributed by atoms with Crippen LogP contribution in [0.25, 0.3) is 0 Å². The normalized spacial score (nSPS) is 12.6. The second kappa shape index (κ2) is 5.15. The van der Waals surface area contributed by atoms with E-state index >= 15 is 0 Å². The van der Waals surface area contributed by atoms with Gasteiger partial charge in [0.1, 0.15) is 0 Å². The van der Waals surface area contributed by atoms with Crippen LogP contribution >= 0.6 is 0 Å². The van der Waals surface area contributed by atoms with Crippen LogP contribution < -0.4 is 0 Å². The topological polar surface area (TPSA) is 23.8 Å². The van der Waals surface area contributed by atoms with Gasteiger partial charge >= 0.3 is 58.3 Å². The van der Waals surface area contributed by atoms with E-state index in [0.29, 0.717) is 0 Å². The van der Waals surface area contributed by atoms with Gasteiger partial charge in [-0.15, -0.1) is 0 Å². The van der Waals surface area contributed by atoms with Crippen molar-refractivity contribution >= 4 is 16.0 Å². The van der Waals surface area contributed by atoms with E-state index < -0.39 is 0 Å². The van der Waals surface area contributed by atoms with Crippen LogP contribution in [0, 0.1) is 11.3 Å². The fourth-order valence-corrected chi connectivity index (χ4v) is 0.845. The van der Waals surface area contributed by atoms with Gasteiger partial charge in [0, 0.05) is 0 Å². The first-order chi connectivity index (χ1) is 3.81. The van der Waals surface area contributed by atoms with Crippen molar-refractivity contribution in [2.45, 2.75) is 31.0 Å². The molecule has 2 heteroatoms. The Hall–Kier alpha value is 0.00948. The van der Waals surface area contributed by atoms with Gasteiger partial charge < -0.3 is 0 Å². The summed E-state index contributed by atoms with van der Waals surface area (Å²) in [6.45, 7) is 2.14. The molecule has 1 atom stereocenters. The number of hydrogen-bond donors (Lipinski definition) is 0. The molecule has 0 rings (SSSR count). The molecule has 0 aliphatic rings. The summed E-state index contributed by atoms with van der Waals surface area (Å²) in [5.74, 6) is 0. The van der Waals surface area contributed by atoms with Crippen LogP contribution in [0.5, 0.6) is 0 Å². The van der Waals surface area contributed by atoms with E-state index in [1.807, 2.05) is 0 Å². The molecule has 0 N–H and O–H groups in total. The van der Waals surface area contributed by atoms with E-state index in [2.05, 4.69) is 29.0 Å². The Morgan fingerprint density at radius 1 is 1.75 bits per heavy atom. The first-order valence-corrected chi connectivity index (χ1v) is 3.97. The molecule has 0 aliphatic carbocycles. The summed E-state index contributed by atoms with van der Waals surface area (Å²) in [6.07, 6.45) is 3.40. The zero-order chi connectivity index (χ0) is 6.41. The van der Waals surface area contributed by atoms with Crippen LogP contribution in [0.3, 0.4) is 0 Å². The Balaban J connectivity index is 3.02. The zero-order valence-electron chi connectivity index (χ0n) is 5.09. The fourth-order valence-electron chi connectivity index (χ4n) is 0.462. The Morgan fingerprint density at radius 2 is 2.38 bits per heavy atom. The first kappa shape index (κ1) is 8.01. The third kappa shape index (κ3) is 4.18. The molecule has 8 heavy (non-hydrogen) atoms. The van der Waals surface area contributed by atoms with Gasteiger partial charge in [0.05, 0.1) is 0 Å². The predicted molar refractivity (Wildman–Crippen MR) is 36.0 cm³/mol. The number of unbranched alkanes of at least 4 members (excludes halogenated alkanes) is 1. The summed E-state index contributed by atoms with van der Waals surface area (Å²) < 4.78 is 0. The molecule has 0 aromatic carbocycles. The zero-order valence-corrected chi connectivity index (χ0v) is 6.97. The van der Waals surface area contributed by atoms with Crippen molar-refractivity contribution in [1.82, 2.24) is 0 Å². The van der Waals surface area contributed by atoms with Crippen molar-refractivity contribution in [2.75, 3.05) is 0 Å². The van der Waals surface area contributed by atoms with Crippen LogP contribution in [-0.2, 0) is 0 Å². The molecule has 0 bridgehead atoms. The van der Waals surface area contributed by atoms with Crippen molar-refractivity contribution in [3.05, 3.63) is 0 Å². The van der Waals surface area contributed by atoms with Crippen molar-refractivity contribution in [2.24, 2.45) is 0 Å². The minimum absolute atomic E-state index is 0.197. The van der Waals surface area contributed by atoms with Crippen LogP contribution in [-0.4, -0.2) is 16.0 Å². The Kier molecular flexibility index (Phi) is 5.16. The van der Waals surface area contributed by atoms with Gasteiger partial charge in [-0.3, -0.25) is 0 Å². The van der Waals surface area contributed by atoms with Crippen LogP contribution in [0.2, 0.25) is 4.82 Å². The molecule has 0 aliphatic heterocycles. The average Bonchev–Trinajstić information content (AvgIpc) is 1.83. The number of nitrogens with zero attached hydrogens (tertiary/aromatic N) is 1. The number of rotatable bonds is 3. The van der Waals surface area contributed by atoms with Gasteiger partial charge in [-0.1, -0.05) is 0 Å². The third-order valence-electron chi connectivity index (χ3n) is 0.980. The molecule has 0 aromatic rings. The van der Waals surface area contributed by atoms with Crippen molar-refractivity contribution in [3.63, 3.8) is 0 Å². The average molecular weight is 176 g/mol. The summed E-state index contributed by atoms with van der Waals surface area (Å²) in [5, 5.41) is 8.30. The summed E-state index contributed by atoms with van der Waals surface area (Å²) in [7, 11) is 0. The summed E-state index contributed by atoms with van der Waals surface area (Å²) in [4.78, 5) is 0.197. The van der Waals surface area contributed by atoms with E-state index in [0.717, 1.165) is 6.42 Å². The van der Waals surface area contributed by atoms with Crippen LogP contribution in [0.15, 0.2) is 0 Å². The maximum absolute atomic E-state index is 8.30. The van der Waals surface area contributed by atoms with Gasteiger partial charge in [0.15, 0.2) is 0 Å². The summed E-state index contributed by atoms with van der Waals surface area (Å²) >= 11 is 2.38. The van der Waals surface area contributed by atoms with E-state index in [-0.39, 0.29) is 4.82 Å². The second-order valence-electron chi connectivity index (χ2n) is 1.79. The maximum atomic E-state index is 8.30. The van der Waals surface area contributed by atoms with Crippen LogP contribution in [0.1, 0.15) is 26.2 Å². The molecular weight excluding hydrogens is 165 g/mol. The van der Waals surface area contributed by atoms with E-state index in [1.54, 1.807) is 0 Å². The monoisotopic (exact) mass is 177 g/mol. The molecule has 0 amide bonds. The molecule has 0 radical (unpaired) electrons. The molecule has 1 nitrogen and oxygen atoms in total. The van der Waals surface area contributed by atoms with Crippen molar-refractivity contribution in [1.29, 1.82) is 5.26 Å². The summed E-state index contributed by atoms with van der Waals surface area (Å²) in [5.41, 5.74) is 0. The molecule has 46 valence electrons. The first-order valence-electron chi connectivity index (χ1n) is 2.89. The molecule has 0 spiro atoms. The second-order valence-corrected chi connectivity index (χ2v) is 3.09. The van der Waals surface area contributed by atoms with Crippen molar-refractivity contribution in [3.8, 4) is 6.07 Å². The molecule has 0 aromatic heterocycles. The van der Waals surface area contributed by atoms with Crippen molar-refractivity contribution < 1.29 is 0 Å². The Bertz CT molecular complexity index is 85.0.